The first-order valence-corrected chi connectivity index (χ1v) is 8.19. The highest BCUT2D eigenvalue weighted by molar-refractivity contribution is 5.98. The van der Waals surface area contributed by atoms with Crippen molar-refractivity contribution in [2.75, 3.05) is 11.9 Å². The highest BCUT2D eigenvalue weighted by Crippen LogP contribution is 2.28. The maximum absolute atomic E-state index is 13.4. The Morgan fingerprint density at radius 3 is 2.60 bits per heavy atom. The van der Waals surface area contributed by atoms with Crippen LogP contribution in [0.4, 0.5) is 10.1 Å². The minimum Gasteiger partial charge on any atom is -0.508 e. The van der Waals surface area contributed by atoms with E-state index in [2.05, 4.69) is 5.32 Å². The van der Waals surface area contributed by atoms with Crippen molar-refractivity contribution in [1.29, 1.82) is 0 Å². The molecular formula is C19H19FN2O3. The van der Waals surface area contributed by atoms with Gasteiger partial charge in [0, 0.05) is 30.8 Å². The number of carbonyl (C=O) groups excluding carboxylic acids is 2. The second kappa shape index (κ2) is 7.34. The Hall–Kier alpha value is -2.89. The predicted molar refractivity (Wildman–Crippen MR) is 91.4 cm³/mol. The molecule has 1 aliphatic heterocycles. The van der Waals surface area contributed by atoms with Crippen molar-refractivity contribution in [2.24, 2.45) is 0 Å². The predicted octanol–water partition coefficient (Wildman–Crippen LogP) is 3.22. The molecule has 130 valence electrons. The van der Waals surface area contributed by atoms with E-state index in [1.54, 1.807) is 29.2 Å². The molecule has 2 aromatic carbocycles. The fourth-order valence-electron chi connectivity index (χ4n) is 3.06. The molecular weight excluding hydrogens is 323 g/mol. The van der Waals surface area contributed by atoms with Gasteiger partial charge in [0.05, 0.1) is 0 Å². The molecule has 3 rings (SSSR count). The minimum atomic E-state index is -0.792. The number of nitrogens with zero attached hydrogens (tertiary/aromatic N) is 1. The van der Waals surface area contributed by atoms with E-state index in [0.717, 1.165) is 25.0 Å². The first-order valence-electron chi connectivity index (χ1n) is 8.19. The third kappa shape index (κ3) is 3.96. The van der Waals surface area contributed by atoms with Crippen LogP contribution in [0.3, 0.4) is 0 Å². The molecule has 0 aliphatic carbocycles. The second-order valence-corrected chi connectivity index (χ2v) is 6.04. The lowest BCUT2D eigenvalue weighted by atomic mass is 10.0. The van der Waals surface area contributed by atoms with Gasteiger partial charge in [0.15, 0.2) is 0 Å². The van der Waals surface area contributed by atoms with Gasteiger partial charge in [0.1, 0.15) is 17.6 Å². The van der Waals surface area contributed by atoms with Crippen molar-refractivity contribution in [2.45, 2.75) is 25.3 Å². The third-order valence-electron chi connectivity index (χ3n) is 4.19. The number of hydrogen-bond acceptors (Lipinski definition) is 3. The molecule has 25 heavy (non-hydrogen) atoms. The lowest BCUT2D eigenvalue weighted by Gasteiger charge is -2.34. The van der Waals surface area contributed by atoms with Crippen LogP contribution in [0.5, 0.6) is 5.75 Å². The number of amides is 2. The summed E-state index contributed by atoms with van der Waals surface area (Å²) in [4.78, 5) is 26.8. The van der Waals surface area contributed by atoms with Gasteiger partial charge >= 0.3 is 0 Å². The highest BCUT2D eigenvalue weighted by atomic mass is 19.1. The molecule has 0 aromatic heterocycles. The Balaban J connectivity index is 1.90. The van der Waals surface area contributed by atoms with Gasteiger partial charge in [-0.05, 0) is 24.5 Å². The van der Waals surface area contributed by atoms with E-state index in [4.69, 9.17) is 0 Å². The monoisotopic (exact) mass is 342 g/mol. The van der Waals surface area contributed by atoms with Crippen LogP contribution in [0.15, 0.2) is 48.5 Å². The largest absolute Gasteiger partial charge is 0.508 e. The van der Waals surface area contributed by atoms with Gasteiger partial charge in [-0.2, -0.15) is 0 Å². The van der Waals surface area contributed by atoms with Crippen molar-refractivity contribution in [1.82, 2.24) is 4.90 Å². The van der Waals surface area contributed by atoms with Gasteiger partial charge in [0.25, 0.3) is 5.91 Å². The first-order chi connectivity index (χ1) is 12.0. The van der Waals surface area contributed by atoms with Crippen molar-refractivity contribution in [3.8, 4) is 5.75 Å². The zero-order valence-electron chi connectivity index (χ0n) is 13.6. The molecule has 1 saturated heterocycles. The Kier molecular flexibility index (Phi) is 4.97. The normalized spacial score (nSPS) is 15.7. The lowest BCUT2D eigenvalue weighted by Crippen LogP contribution is -2.43. The van der Waals surface area contributed by atoms with E-state index in [9.17, 15) is 19.1 Å². The van der Waals surface area contributed by atoms with Crippen LogP contribution in [0.25, 0.3) is 0 Å². The van der Waals surface area contributed by atoms with Crippen LogP contribution in [0.2, 0.25) is 0 Å². The average Bonchev–Trinajstić information content (AvgIpc) is 2.57. The molecule has 0 spiro atoms. The summed E-state index contributed by atoms with van der Waals surface area (Å²) in [5, 5.41) is 12.1. The summed E-state index contributed by atoms with van der Waals surface area (Å²) < 4.78 is 13.4. The number of piperidine rings is 1. The van der Waals surface area contributed by atoms with E-state index in [1.807, 2.05) is 6.07 Å². The van der Waals surface area contributed by atoms with Gasteiger partial charge in [-0.3, -0.25) is 9.59 Å². The molecule has 2 N–H and O–H groups in total. The summed E-state index contributed by atoms with van der Waals surface area (Å²) in [7, 11) is 0. The van der Waals surface area contributed by atoms with Crippen LogP contribution >= 0.6 is 0 Å². The number of hydrogen-bond donors (Lipinski definition) is 2. The zero-order chi connectivity index (χ0) is 17.8. The molecule has 1 fully saturated rings. The van der Waals surface area contributed by atoms with E-state index in [0.29, 0.717) is 18.5 Å². The number of rotatable bonds is 4. The fraction of sp³-hybridized carbons (Fsp3) is 0.263. The van der Waals surface area contributed by atoms with Gasteiger partial charge in [-0.1, -0.05) is 30.3 Å². The number of halogens is 1. The van der Waals surface area contributed by atoms with Gasteiger partial charge in [0.2, 0.25) is 5.91 Å². The van der Waals surface area contributed by atoms with Crippen LogP contribution in [-0.2, 0) is 9.59 Å². The number of phenols is 1. The Labute approximate surface area is 145 Å². The molecule has 1 aliphatic rings. The number of carbonyl (C=O) groups is 2. The standard InChI is InChI=1S/C19H19FN2O3/c20-14-10-15(12-16(23)11-14)21-19(25)18(13-6-2-1-3-7-13)22-9-5-4-8-17(22)24/h1-3,6-7,10-12,18,23H,4-5,8-9H2,(H,21,25)/t18-/m0/s1. The van der Waals surface area contributed by atoms with Crippen LogP contribution in [0, 0.1) is 5.82 Å². The summed E-state index contributed by atoms with van der Waals surface area (Å²) in [6.45, 7) is 0.500. The van der Waals surface area contributed by atoms with Crippen molar-refractivity contribution in [3.63, 3.8) is 0 Å². The van der Waals surface area contributed by atoms with E-state index in [1.165, 1.54) is 6.07 Å². The van der Waals surface area contributed by atoms with Crippen LogP contribution in [0.1, 0.15) is 30.9 Å². The number of aromatic hydroxyl groups is 1. The summed E-state index contributed by atoms with van der Waals surface area (Å²) >= 11 is 0. The maximum Gasteiger partial charge on any atom is 0.251 e. The number of benzene rings is 2. The molecule has 0 unspecified atom stereocenters. The maximum atomic E-state index is 13.4. The van der Waals surface area contributed by atoms with Crippen LogP contribution in [-0.4, -0.2) is 28.4 Å². The molecule has 6 heteroatoms. The van der Waals surface area contributed by atoms with Gasteiger partial charge in [-0.15, -0.1) is 0 Å². The Morgan fingerprint density at radius 2 is 1.92 bits per heavy atom. The molecule has 5 nitrogen and oxygen atoms in total. The van der Waals surface area contributed by atoms with Crippen molar-refractivity contribution < 1.29 is 19.1 Å². The summed E-state index contributed by atoms with van der Waals surface area (Å²) in [5.41, 5.74) is 0.837. The Bertz CT molecular complexity index is 759. The van der Waals surface area contributed by atoms with Gasteiger partial charge in [-0.25, -0.2) is 4.39 Å². The SMILES string of the molecule is O=C(Nc1cc(O)cc(F)c1)[C@H](c1ccccc1)N1CCCCC1=O. The van der Waals surface area contributed by atoms with E-state index >= 15 is 0 Å². The smallest absolute Gasteiger partial charge is 0.251 e. The van der Waals surface area contributed by atoms with E-state index in [-0.39, 0.29) is 17.3 Å². The number of anilines is 1. The average molecular weight is 342 g/mol. The lowest BCUT2D eigenvalue weighted by molar-refractivity contribution is -0.141. The topological polar surface area (TPSA) is 69.6 Å². The minimum absolute atomic E-state index is 0.0719. The molecule has 2 amide bonds. The molecule has 1 atom stereocenters. The van der Waals surface area contributed by atoms with Crippen molar-refractivity contribution in [3.05, 3.63) is 59.9 Å². The molecule has 0 bridgehead atoms. The fourth-order valence-corrected chi connectivity index (χ4v) is 3.06. The third-order valence-corrected chi connectivity index (χ3v) is 4.19. The zero-order valence-corrected chi connectivity index (χ0v) is 13.6. The summed E-state index contributed by atoms with van der Waals surface area (Å²) in [5.74, 6) is -1.44. The molecule has 0 saturated carbocycles. The molecule has 1 heterocycles. The van der Waals surface area contributed by atoms with Crippen molar-refractivity contribution >= 4 is 17.5 Å². The second-order valence-electron chi connectivity index (χ2n) is 6.04. The number of nitrogens with one attached hydrogen (secondary N) is 1. The number of likely N-dealkylation sites (tertiary alicyclic amines) is 1. The quantitative estimate of drug-likeness (QED) is 0.896. The molecule has 0 radical (unpaired) electrons. The number of phenolic OH excluding ortho intramolecular Hbond substituents is 1. The van der Waals surface area contributed by atoms with Gasteiger partial charge < -0.3 is 15.3 Å². The Morgan fingerprint density at radius 1 is 1.16 bits per heavy atom. The summed E-state index contributed by atoms with van der Waals surface area (Å²) in [6, 6.07) is 11.6. The summed E-state index contributed by atoms with van der Waals surface area (Å²) in [6.07, 6.45) is 2.07. The van der Waals surface area contributed by atoms with E-state index < -0.39 is 17.8 Å². The first kappa shape index (κ1) is 17.0. The van der Waals surface area contributed by atoms with Crippen LogP contribution < -0.4 is 5.32 Å². The molecule has 2 aromatic rings. The highest BCUT2D eigenvalue weighted by Gasteiger charge is 2.32.